The Hall–Kier alpha value is -0.355. The smallest absolute Gasteiger partial charge is 0.423 e. The molecule has 14 heavy (non-hydrogen) atoms. The van der Waals surface area contributed by atoms with Crippen LogP contribution in [0.3, 0.4) is 0 Å². The molecular weight excluding hydrogens is 197 g/mol. The van der Waals surface area contributed by atoms with Crippen LogP contribution in [-0.2, 0) is 6.54 Å². The highest BCUT2D eigenvalue weighted by Crippen LogP contribution is 2.15. The second-order valence-electron chi connectivity index (χ2n) is 3.66. The van der Waals surface area contributed by atoms with Gasteiger partial charge in [0.25, 0.3) is 0 Å². The summed E-state index contributed by atoms with van der Waals surface area (Å²) in [5, 5.41) is 20.1. The van der Waals surface area contributed by atoms with E-state index in [1.54, 1.807) is 17.4 Å². The van der Waals surface area contributed by atoms with E-state index in [2.05, 4.69) is 4.90 Å². The first kappa shape index (κ1) is 10.2. The van der Waals surface area contributed by atoms with Gasteiger partial charge in [0.2, 0.25) is 0 Å². The van der Waals surface area contributed by atoms with Gasteiger partial charge < -0.3 is 10.0 Å². The maximum Gasteiger partial charge on any atom is 0.489 e. The first-order valence-electron chi connectivity index (χ1n) is 4.92. The Morgan fingerprint density at radius 2 is 2.07 bits per heavy atom. The van der Waals surface area contributed by atoms with Crippen molar-refractivity contribution in [2.75, 3.05) is 13.1 Å². The first-order chi connectivity index (χ1) is 6.77. The molecule has 0 aromatic carbocycles. The number of thiophene rings is 1. The second kappa shape index (κ2) is 4.44. The molecular formula is C9H14BNO2S. The van der Waals surface area contributed by atoms with Gasteiger partial charge in [-0.3, -0.25) is 4.90 Å². The topological polar surface area (TPSA) is 43.7 Å². The SMILES string of the molecule is OB(O)c1ccsc1CN1CCCC1. The number of hydrogen-bond acceptors (Lipinski definition) is 4. The van der Waals surface area contributed by atoms with E-state index in [0.717, 1.165) is 24.5 Å². The standard InChI is InChI=1S/C9H14BNO2S/c12-10(13)8-3-6-14-9(8)7-11-4-1-2-5-11/h3,6,12-13H,1-2,4-5,7H2. The number of likely N-dealkylation sites (tertiary alicyclic amines) is 1. The van der Waals surface area contributed by atoms with Gasteiger partial charge in [-0.2, -0.15) is 0 Å². The molecule has 3 nitrogen and oxygen atoms in total. The average molecular weight is 211 g/mol. The van der Waals surface area contributed by atoms with Crippen LogP contribution in [0.1, 0.15) is 17.7 Å². The molecule has 1 fully saturated rings. The second-order valence-corrected chi connectivity index (χ2v) is 4.66. The van der Waals surface area contributed by atoms with Crippen molar-refractivity contribution in [1.82, 2.24) is 4.90 Å². The van der Waals surface area contributed by atoms with Gasteiger partial charge in [-0.15, -0.1) is 11.3 Å². The quantitative estimate of drug-likeness (QED) is 0.693. The normalized spacial score (nSPS) is 17.6. The van der Waals surface area contributed by atoms with Crippen molar-refractivity contribution in [3.05, 3.63) is 16.3 Å². The molecule has 76 valence electrons. The van der Waals surface area contributed by atoms with Crippen molar-refractivity contribution >= 4 is 23.9 Å². The Morgan fingerprint density at radius 1 is 1.36 bits per heavy atom. The van der Waals surface area contributed by atoms with E-state index < -0.39 is 7.12 Å². The fourth-order valence-electron chi connectivity index (χ4n) is 1.85. The zero-order valence-corrected chi connectivity index (χ0v) is 8.83. The third-order valence-electron chi connectivity index (χ3n) is 2.62. The van der Waals surface area contributed by atoms with Gasteiger partial charge in [0.15, 0.2) is 0 Å². The zero-order valence-electron chi connectivity index (χ0n) is 8.02. The van der Waals surface area contributed by atoms with Crippen molar-refractivity contribution in [3.8, 4) is 0 Å². The Balaban J connectivity index is 2.04. The highest BCUT2D eigenvalue weighted by molar-refractivity contribution is 7.11. The van der Waals surface area contributed by atoms with Crippen LogP contribution in [0.15, 0.2) is 11.4 Å². The Morgan fingerprint density at radius 3 is 2.71 bits per heavy atom. The van der Waals surface area contributed by atoms with Crippen molar-refractivity contribution in [3.63, 3.8) is 0 Å². The molecule has 0 atom stereocenters. The predicted molar refractivity (Wildman–Crippen MR) is 58.7 cm³/mol. The van der Waals surface area contributed by atoms with E-state index >= 15 is 0 Å². The summed E-state index contributed by atoms with van der Waals surface area (Å²) in [4.78, 5) is 3.44. The van der Waals surface area contributed by atoms with E-state index in [4.69, 9.17) is 10.0 Å². The minimum absolute atomic E-state index is 0.668. The molecule has 1 aliphatic heterocycles. The van der Waals surface area contributed by atoms with Crippen molar-refractivity contribution in [2.45, 2.75) is 19.4 Å². The molecule has 2 heterocycles. The van der Waals surface area contributed by atoms with E-state index in [1.807, 2.05) is 5.38 Å². The van der Waals surface area contributed by atoms with Crippen LogP contribution in [-0.4, -0.2) is 35.2 Å². The van der Waals surface area contributed by atoms with Gasteiger partial charge >= 0.3 is 7.12 Å². The maximum atomic E-state index is 9.11. The lowest BCUT2D eigenvalue weighted by molar-refractivity contribution is 0.334. The molecule has 0 radical (unpaired) electrons. The highest BCUT2D eigenvalue weighted by atomic mass is 32.1. The van der Waals surface area contributed by atoms with Gasteiger partial charge in [0, 0.05) is 11.4 Å². The summed E-state index contributed by atoms with van der Waals surface area (Å²) in [6.07, 6.45) is 2.53. The molecule has 1 saturated heterocycles. The summed E-state index contributed by atoms with van der Waals surface area (Å²) < 4.78 is 0. The fraction of sp³-hybridized carbons (Fsp3) is 0.556. The van der Waals surface area contributed by atoms with E-state index in [-0.39, 0.29) is 0 Å². The summed E-state index contributed by atoms with van der Waals surface area (Å²) in [6, 6.07) is 1.79. The summed E-state index contributed by atoms with van der Waals surface area (Å²) in [7, 11) is -1.32. The van der Waals surface area contributed by atoms with Crippen LogP contribution in [0.25, 0.3) is 0 Å². The van der Waals surface area contributed by atoms with Gasteiger partial charge in [0.1, 0.15) is 0 Å². The molecule has 1 aromatic rings. The first-order valence-corrected chi connectivity index (χ1v) is 5.80. The molecule has 0 bridgehead atoms. The van der Waals surface area contributed by atoms with Crippen LogP contribution < -0.4 is 5.46 Å². The highest BCUT2D eigenvalue weighted by Gasteiger charge is 2.20. The molecule has 1 aromatic heterocycles. The van der Waals surface area contributed by atoms with Gasteiger partial charge in [-0.1, -0.05) is 6.07 Å². The van der Waals surface area contributed by atoms with E-state index in [0.29, 0.717) is 5.46 Å². The lowest BCUT2D eigenvalue weighted by Gasteiger charge is -2.14. The molecule has 1 aliphatic rings. The Bertz CT molecular complexity index is 297. The monoisotopic (exact) mass is 211 g/mol. The van der Waals surface area contributed by atoms with Gasteiger partial charge in [-0.25, -0.2) is 0 Å². The third kappa shape index (κ3) is 2.17. The number of rotatable bonds is 3. The fourth-order valence-corrected chi connectivity index (χ4v) is 2.80. The summed E-state index contributed by atoms with van der Waals surface area (Å²) >= 11 is 1.60. The molecule has 0 saturated carbocycles. The third-order valence-corrected chi connectivity index (χ3v) is 3.55. The van der Waals surface area contributed by atoms with Gasteiger partial charge in [-0.05, 0) is 36.8 Å². The molecule has 5 heteroatoms. The molecule has 0 aliphatic carbocycles. The minimum Gasteiger partial charge on any atom is -0.423 e. The molecule has 2 rings (SSSR count). The van der Waals surface area contributed by atoms with E-state index in [1.165, 1.54) is 12.8 Å². The average Bonchev–Trinajstić information content (AvgIpc) is 2.75. The van der Waals surface area contributed by atoms with Crippen LogP contribution in [0, 0.1) is 0 Å². The maximum absolute atomic E-state index is 9.11. The predicted octanol–water partition coefficient (Wildman–Crippen LogP) is 0.0237. The number of nitrogens with zero attached hydrogens (tertiary/aromatic N) is 1. The van der Waals surface area contributed by atoms with Crippen molar-refractivity contribution < 1.29 is 10.0 Å². The van der Waals surface area contributed by atoms with Crippen LogP contribution in [0.5, 0.6) is 0 Å². The molecule has 0 spiro atoms. The Labute approximate surface area is 88.1 Å². The van der Waals surface area contributed by atoms with Crippen LogP contribution in [0.4, 0.5) is 0 Å². The molecule has 2 N–H and O–H groups in total. The largest absolute Gasteiger partial charge is 0.489 e. The Kier molecular flexibility index (Phi) is 3.23. The molecule has 0 unspecified atom stereocenters. The van der Waals surface area contributed by atoms with Crippen LogP contribution >= 0.6 is 11.3 Å². The zero-order chi connectivity index (χ0) is 9.97. The van der Waals surface area contributed by atoms with Crippen LogP contribution in [0.2, 0.25) is 0 Å². The summed E-state index contributed by atoms with van der Waals surface area (Å²) in [6.45, 7) is 3.14. The summed E-state index contributed by atoms with van der Waals surface area (Å²) in [5.74, 6) is 0. The minimum atomic E-state index is -1.32. The van der Waals surface area contributed by atoms with Crippen molar-refractivity contribution in [1.29, 1.82) is 0 Å². The summed E-state index contributed by atoms with van der Waals surface area (Å²) in [5.41, 5.74) is 0.668. The van der Waals surface area contributed by atoms with Gasteiger partial charge in [0.05, 0.1) is 0 Å². The lowest BCUT2D eigenvalue weighted by atomic mass is 9.80. The lowest BCUT2D eigenvalue weighted by Crippen LogP contribution is -2.33. The van der Waals surface area contributed by atoms with Crippen molar-refractivity contribution in [2.24, 2.45) is 0 Å². The molecule has 0 amide bonds. The number of hydrogen-bond donors (Lipinski definition) is 2. The van der Waals surface area contributed by atoms with E-state index in [9.17, 15) is 0 Å².